The Kier molecular flexibility index (Phi) is 5.74. The molecule has 0 radical (unpaired) electrons. The zero-order chi connectivity index (χ0) is 8.15. The van der Waals surface area contributed by atoms with Crippen molar-refractivity contribution in [3.8, 4) is 0 Å². The predicted octanol–water partition coefficient (Wildman–Crippen LogP) is 3.08. The Bertz CT molecular complexity index is 79.3. The second kappa shape index (κ2) is 5.36. The Labute approximate surface area is 74.6 Å². The smallest absolute Gasteiger partial charge is 0.0133 e. The lowest BCUT2D eigenvalue weighted by molar-refractivity contribution is 0.746. The first kappa shape index (κ1) is 10.7. The zero-order valence-electron chi connectivity index (χ0n) is 7.29. The minimum absolute atomic E-state index is 0.517. The molecule has 0 aliphatic heterocycles. The van der Waals surface area contributed by atoms with Crippen LogP contribution in [0.2, 0.25) is 0 Å². The fourth-order valence-corrected chi connectivity index (χ4v) is 1.71. The second-order valence-electron chi connectivity index (χ2n) is 3.17. The molecular formula is C8H18S2. The quantitative estimate of drug-likeness (QED) is 0.646. The van der Waals surface area contributed by atoms with Crippen LogP contribution in [0, 0.1) is 5.92 Å². The van der Waals surface area contributed by atoms with Crippen LogP contribution in [0.15, 0.2) is 0 Å². The van der Waals surface area contributed by atoms with Gasteiger partial charge < -0.3 is 0 Å². The van der Waals surface area contributed by atoms with Gasteiger partial charge in [0.15, 0.2) is 0 Å². The summed E-state index contributed by atoms with van der Waals surface area (Å²) < 4.78 is 0. The van der Waals surface area contributed by atoms with E-state index >= 15 is 0 Å². The van der Waals surface area contributed by atoms with Crippen molar-refractivity contribution in [2.45, 2.75) is 38.2 Å². The summed E-state index contributed by atoms with van der Waals surface area (Å²) in [6, 6.07) is 0. The summed E-state index contributed by atoms with van der Waals surface area (Å²) in [6.07, 6.45) is 0. The van der Waals surface area contributed by atoms with Crippen LogP contribution in [0.3, 0.4) is 0 Å². The molecule has 0 spiro atoms. The molecule has 62 valence electrons. The SMILES string of the molecule is CC(C)CSC(C)C(C)S. The fraction of sp³-hybridized carbons (Fsp3) is 1.00. The summed E-state index contributed by atoms with van der Waals surface area (Å²) in [5.41, 5.74) is 0. The molecule has 0 saturated carbocycles. The average Bonchev–Trinajstić information content (AvgIpc) is 1.82. The van der Waals surface area contributed by atoms with Crippen molar-refractivity contribution >= 4 is 24.4 Å². The van der Waals surface area contributed by atoms with Gasteiger partial charge in [0.05, 0.1) is 0 Å². The van der Waals surface area contributed by atoms with E-state index in [1.54, 1.807) is 0 Å². The molecule has 2 unspecified atom stereocenters. The summed E-state index contributed by atoms with van der Waals surface area (Å²) in [5.74, 6) is 2.06. The van der Waals surface area contributed by atoms with Crippen molar-refractivity contribution in [3.63, 3.8) is 0 Å². The summed E-state index contributed by atoms with van der Waals surface area (Å²) in [5, 5.41) is 1.20. The molecule has 2 atom stereocenters. The van der Waals surface area contributed by atoms with Crippen molar-refractivity contribution in [1.82, 2.24) is 0 Å². The average molecular weight is 178 g/mol. The summed E-state index contributed by atoms with van der Waals surface area (Å²) in [7, 11) is 0. The van der Waals surface area contributed by atoms with Crippen molar-refractivity contribution in [2.24, 2.45) is 5.92 Å². The Hall–Kier alpha value is 0.700. The van der Waals surface area contributed by atoms with Crippen LogP contribution in [-0.4, -0.2) is 16.3 Å². The molecule has 0 rings (SSSR count). The van der Waals surface area contributed by atoms with Gasteiger partial charge in [-0.15, -0.1) is 0 Å². The van der Waals surface area contributed by atoms with Crippen molar-refractivity contribution in [1.29, 1.82) is 0 Å². The van der Waals surface area contributed by atoms with Gasteiger partial charge in [-0.1, -0.05) is 27.7 Å². The minimum atomic E-state index is 0.517. The number of thioether (sulfide) groups is 1. The third kappa shape index (κ3) is 5.48. The van der Waals surface area contributed by atoms with E-state index in [0.717, 1.165) is 5.92 Å². The van der Waals surface area contributed by atoms with Crippen LogP contribution in [0.5, 0.6) is 0 Å². The molecule has 0 aliphatic carbocycles. The van der Waals surface area contributed by atoms with Gasteiger partial charge in [-0.05, 0) is 11.7 Å². The van der Waals surface area contributed by atoms with E-state index in [2.05, 4.69) is 40.3 Å². The van der Waals surface area contributed by atoms with Crippen LogP contribution in [0.25, 0.3) is 0 Å². The first-order valence-corrected chi connectivity index (χ1v) is 5.40. The van der Waals surface area contributed by atoms with E-state index in [9.17, 15) is 0 Å². The topological polar surface area (TPSA) is 0 Å². The van der Waals surface area contributed by atoms with Gasteiger partial charge in [0.2, 0.25) is 0 Å². The van der Waals surface area contributed by atoms with E-state index in [1.165, 1.54) is 5.75 Å². The molecule has 0 aromatic heterocycles. The summed E-state index contributed by atoms with van der Waals surface area (Å²) in [6.45, 7) is 8.90. The van der Waals surface area contributed by atoms with Gasteiger partial charge in [0, 0.05) is 10.5 Å². The van der Waals surface area contributed by atoms with E-state index in [0.29, 0.717) is 10.5 Å². The standard InChI is InChI=1S/C8H18S2/c1-6(2)5-10-8(4)7(3)9/h6-9H,5H2,1-4H3. The predicted molar refractivity (Wildman–Crippen MR) is 55.2 cm³/mol. The molecule has 10 heavy (non-hydrogen) atoms. The molecule has 0 nitrogen and oxygen atoms in total. The molecule has 2 heteroatoms. The maximum absolute atomic E-state index is 4.37. The normalized spacial score (nSPS) is 17.4. The van der Waals surface area contributed by atoms with E-state index in [1.807, 2.05) is 11.8 Å². The van der Waals surface area contributed by atoms with Crippen LogP contribution in [0.4, 0.5) is 0 Å². The fourth-order valence-electron chi connectivity index (χ4n) is 0.483. The molecule has 0 heterocycles. The molecule has 0 fully saturated rings. The number of thiol groups is 1. The number of hydrogen-bond acceptors (Lipinski definition) is 2. The second-order valence-corrected chi connectivity index (χ2v) is 5.40. The highest BCUT2D eigenvalue weighted by atomic mass is 32.2. The van der Waals surface area contributed by atoms with Crippen LogP contribution < -0.4 is 0 Å². The highest BCUT2D eigenvalue weighted by molar-refractivity contribution is 8.00. The first-order valence-electron chi connectivity index (χ1n) is 3.83. The highest BCUT2D eigenvalue weighted by Crippen LogP contribution is 2.19. The Morgan fingerprint density at radius 1 is 1.20 bits per heavy atom. The van der Waals surface area contributed by atoms with E-state index in [-0.39, 0.29) is 0 Å². The van der Waals surface area contributed by atoms with Crippen molar-refractivity contribution < 1.29 is 0 Å². The maximum atomic E-state index is 4.37. The van der Waals surface area contributed by atoms with E-state index < -0.39 is 0 Å². The molecule has 0 amide bonds. The molecule has 0 saturated heterocycles. The molecule has 0 N–H and O–H groups in total. The van der Waals surface area contributed by atoms with Gasteiger partial charge in [0.25, 0.3) is 0 Å². The largest absolute Gasteiger partial charge is 0.175 e. The lowest BCUT2D eigenvalue weighted by Gasteiger charge is -2.15. The van der Waals surface area contributed by atoms with Crippen LogP contribution in [-0.2, 0) is 0 Å². The third-order valence-electron chi connectivity index (χ3n) is 1.37. The lowest BCUT2D eigenvalue weighted by Crippen LogP contribution is -2.11. The van der Waals surface area contributed by atoms with Crippen LogP contribution in [0.1, 0.15) is 27.7 Å². The Balaban J connectivity index is 3.30. The van der Waals surface area contributed by atoms with Gasteiger partial charge in [-0.25, -0.2) is 0 Å². The third-order valence-corrected chi connectivity index (χ3v) is 3.81. The first-order chi connectivity index (χ1) is 4.54. The van der Waals surface area contributed by atoms with Crippen LogP contribution >= 0.6 is 24.4 Å². The zero-order valence-corrected chi connectivity index (χ0v) is 9.01. The molecule has 0 aromatic carbocycles. The number of hydrogen-bond donors (Lipinski definition) is 1. The molecular weight excluding hydrogens is 160 g/mol. The van der Waals surface area contributed by atoms with Crippen molar-refractivity contribution in [2.75, 3.05) is 5.75 Å². The van der Waals surface area contributed by atoms with E-state index in [4.69, 9.17) is 0 Å². The van der Waals surface area contributed by atoms with Crippen molar-refractivity contribution in [3.05, 3.63) is 0 Å². The summed E-state index contributed by atoms with van der Waals surface area (Å²) >= 11 is 6.39. The highest BCUT2D eigenvalue weighted by Gasteiger charge is 2.08. The van der Waals surface area contributed by atoms with Gasteiger partial charge in [0.1, 0.15) is 0 Å². The minimum Gasteiger partial charge on any atom is -0.175 e. The van der Waals surface area contributed by atoms with Gasteiger partial charge >= 0.3 is 0 Å². The lowest BCUT2D eigenvalue weighted by atomic mass is 10.3. The Morgan fingerprint density at radius 3 is 2.00 bits per heavy atom. The molecule has 0 aromatic rings. The maximum Gasteiger partial charge on any atom is 0.0133 e. The summed E-state index contributed by atoms with van der Waals surface area (Å²) in [4.78, 5) is 0. The monoisotopic (exact) mass is 178 g/mol. The Morgan fingerprint density at radius 2 is 1.70 bits per heavy atom. The molecule has 0 aliphatic rings. The molecule has 0 bridgehead atoms. The van der Waals surface area contributed by atoms with Gasteiger partial charge in [-0.3, -0.25) is 0 Å². The number of rotatable bonds is 4. The van der Waals surface area contributed by atoms with Gasteiger partial charge in [-0.2, -0.15) is 24.4 Å².